The molecule has 5 heteroatoms. The fraction of sp³-hybridized carbons (Fsp3) is 0.938. The Labute approximate surface area is 129 Å². The number of hydrogen-bond donors (Lipinski definition) is 3. The van der Waals surface area contributed by atoms with Gasteiger partial charge in [-0.25, -0.2) is 4.79 Å². The summed E-state index contributed by atoms with van der Waals surface area (Å²) in [6, 6.07) is 0.0506. The molecule has 0 bridgehead atoms. The highest BCUT2D eigenvalue weighted by Crippen LogP contribution is 2.20. The van der Waals surface area contributed by atoms with Gasteiger partial charge in [-0.1, -0.05) is 6.92 Å². The monoisotopic (exact) mass is 299 g/mol. The largest absolute Gasteiger partial charge is 0.392 e. The van der Waals surface area contributed by atoms with Gasteiger partial charge < -0.3 is 20.6 Å². The van der Waals surface area contributed by atoms with E-state index >= 15 is 0 Å². The molecule has 0 aromatic heterocycles. The number of nitrogens with zero attached hydrogens (tertiary/aromatic N) is 1. The second-order valence-corrected chi connectivity index (χ2v) is 7.36. The Morgan fingerprint density at radius 1 is 1.43 bits per heavy atom. The second-order valence-electron chi connectivity index (χ2n) is 7.36. The molecule has 1 aliphatic rings. The predicted molar refractivity (Wildman–Crippen MR) is 86.3 cm³/mol. The summed E-state index contributed by atoms with van der Waals surface area (Å²) in [5.74, 6) is 0.452. The highest BCUT2D eigenvalue weighted by atomic mass is 16.3. The molecule has 124 valence electrons. The van der Waals surface area contributed by atoms with E-state index in [4.69, 9.17) is 0 Å². The van der Waals surface area contributed by atoms with Gasteiger partial charge in [0, 0.05) is 24.7 Å². The van der Waals surface area contributed by atoms with Crippen LogP contribution in [0.4, 0.5) is 4.79 Å². The van der Waals surface area contributed by atoms with Crippen molar-refractivity contribution in [3.8, 4) is 0 Å². The van der Waals surface area contributed by atoms with Gasteiger partial charge in [-0.3, -0.25) is 0 Å². The van der Waals surface area contributed by atoms with E-state index in [9.17, 15) is 9.90 Å². The molecule has 0 unspecified atom stereocenters. The van der Waals surface area contributed by atoms with Crippen molar-refractivity contribution in [1.82, 2.24) is 15.5 Å². The van der Waals surface area contributed by atoms with Crippen molar-refractivity contribution in [1.29, 1.82) is 0 Å². The Morgan fingerprint density at radius 3 is 2.67 bits per heavy atom. The number of piperidine rings is 1. The number of amides is 2. The number of aliphatic hydroxyl groups is 1. The Bertz CT molecular complexity index is 328. The van der Waals surface area contributed by atoms with Gasteiger partial charge in [0.1, 0.15) is 0 Å². The van der Waals surface area contributed by atoms with Crippen LogP contribution in [0, 0.1) is 5.92 Å². The highest BCUT2D eigenvalue weighted by Gasteiger charge is 2.27. The van der Waals surface area contributed by atoms with E-state index in [1.165, 1.54) is 0 Å². The second kappa shape index (κ2) is 7.99. The summed E-state index contributed by atoms with van der Waals surface area (Å²) in [7, 11) is 0. The smallest absolute Gasteiger partial charge is 0.315 e. The summed E-state index contributed by atoms with van der Waals surface area (Å²) in [4.78, 5) is 14.3. The molecule has 3 atom stereocenters. The van der Waals surface area contributed by atoms with E-state index in [-0.39, 0.29) is 23.7 Å². The number of carbonyl (C=O) groups is 1. The molecule has 0 radical (unpaired) electrons. The Hall–Kier alpha value is -0.810. The Morgan fingerprint density at radius 2 is 2.10 bits per heavy atom. The SMILES string of the molecule is CC[C@@H](O)CN1CCC[C@H]([C@H](C)NC(=O)NC(C)(C)C)C1. The standard InChI is InChI=1S/C16H33N3O2/c1-6-14(20)11-19-9-7-8-13(10-19)12(2)17-15(21)18-16(3,4)5/h12-14,20H,6-11H2,1-5H3,(H2,17,18,21)/t12-,13-,14+/m0/s1. The minimum absolute atomic E-state index is 0.0966. The lowest BCUT2D eigenvalue weighted by Crippen LogP contribution is -2.53. The number of likely N-dealkylation sites (tertiary alicyclic amines) is 1. The average Bonchev–Trinajstić information content (AvgIpc) is 2.36. The Kier molecular flexibility index (Phi) is 6.94. The quantitative estimate of drug-likeness (QED) is 0.727. The van der Waals surface area contributed by atoms with Crippen LogP contribution < -0.4 is 10.6 Å². The van der Waals surface area contributed by atoms with Gasteiger partial charge in [0.05, 0.1) is 6.10 Å². The van der Waals surface area contributed by atoms with Crippen LogP contribution >= 0.6 is 0 Å². The van der Waals surface area contributed by atoms with Gasteiger partial charge >= 0.3 is 6.03 Å². The van der Waals surface area contributed by atoms with Crippen molar-refractivity contribution in [2.24, 2.45) is 5.92 Å². The lowest BCUT2D eigenvalue weighted by Gasteiger charge is -2.37. The van der Waals surface area contributed by atoms with E-state index in [1.54, 1.807) is 0 Å². The fourth-order valence-electron chi connectivity index (χ4n) is 2.79. The van der Waals surface area contributed by atoms with Crippen LogP contribution in [0.3, 0.4) is 0 Å². The number of nitrogens with one attached hydrogen (secondary N) is 2. The van der Waals surface area contributed by atoms with Crippen LogP contribution in [-0.2, 0) is 0 Å². The van der Waals surface area contributed by atoms with Crippen LogP contribution in [0.15, 0.2) is 0 Å². The zero-order valence-electron chi connectivity index (χ0n) is 14.3. The summed E-state index contributed by atoms with van der Waals surface area (Å²) < 4.78 is 0. The molecule has 0 aliphatic carbocycles. The zero-order chi connectivity index (χ0) is 16.0. The van der Waals surface area contributed by atoms with Crippen LogP contribution in [0.1, 0.15) is 53.9 Å². The van der Waals surface area contributed by atoms with Gasteiger partial charge in [-0.05, 0) is 59.4 Å². The lowest BCUT2D eigenvalue weighted by atomic mass is 9.91. The maximum absolute atomic E-state index is 11.9. The number of carbonyl (C=O) groups excluding carboxylic acids is 1. The van der Waals surface area contributed by atoms with Crippen molar-refractivity contribution in [2.75, 3.05) is 19.6 Å². The molecule has 21 heavy (non-hydrogen) atoms. The molecule has 0 aromatic rings. The zero-order valence-corrected chi connectivity index (χ0v) is 14.3. The molecule has 3 N–H and O–H groups in total. The van der Waals surface area contributed by atoms with Crippen LogP contribution in [0.25, 0.3) is 0 Å². The highest BCUT2D eigenvalue weighted by molar-refractivity contribution is 5.74. The number of urea groups is 1. The molecule has 0 saturated carbocycles. The van der Waals surface area contributed by atoms with Crippen molar-refractivity contribution < 1.29 is 9.90 Å². The first kappa shape index (κ1) is 18.2. The maximum atomic E-state index is 11.9. The predicted octanol–water partition coefficient (Wildman–Crippen LogP) is 1.96. The van der Waals surface area contributed by atoms with E-state index in [2.05, 4.69) is 22.5 Å². The van der Waals surface area contributed by atoms with Crippen LogP contribution in [0.2, 0.25) is 0 Å². The third-order valence-corrected chi connectivity index (χ3v) is 4.04. The summed E-state index contributed by atoms with van der Waals surface area (Å²) >= 11 is 0. The summed E-state index contributed by atoms with van der Waals surface area (Å²) in [6.07, 6.45) is 2.82. The first-order valence-electron chi connectivity index (χ1n) is 8.20. The van der Waals surface area contributed by atoms with Crippen LogP contribution in [-0.4, -0.2) is 53.4 Å². The molecule has 0 spiro atoms. The molecule has 1 fully saturated rings. The van der Waals surface area contributed by atoms with Crippen molar-refractivity contribution in [3.63, 3.8) is 0 Å². The molecule has 1 heterocycles. The number of β-amino-alcohol motifs (C(OH)–C–C–N with tert-alkyl or cyclic N) is 1. The normalized spacial score (nSPS) is 23.4. The van der Waals surface area contributed by atoms with E-state index in [0.29, 0.717) is 5.92 Å². The Balaban J connectivity index is 2.43. The maximum Gasteiger partial charge on any atom is 0.315 e. The fourth-order valence-corrected chi connectivity index (χ4v) is 2.79. The average molecular weight is 299 g/mol. The van der Waals surface area contributed by atoms with E-state index < -0.39 is 0 Å². The summed E-state index contributed by atoms with van der Waals surface area (Å²) in [5, 5.41) is 15.8. The molecule has 1 aliphatic heterocycles. The molecule has 2 amide bonds. The van der Waals surface area contributed by atoms with E-state index in [0.717, 1.165) is 38.9 Å². The number of aliphatic hydroxyl groups excluding tert-OH is 1. The van der Waals surface area contributed by atoms with Crippen molar-refractivity contribution >= 4 is 6.03 Å². The van der Waals surface area contributed by atoms with Gasteiger partial charge in [0.15, 0.2) is 0 Å². The molecular formula is C16H33N3O2. The van der Waals surface area contributed by atoms with Gasteiger partial charge in [0.2, 0.25) is 0 Å². The molecule has 0 aromatic carbocycles. The molecule has 5 nitrogen and oxygen atoms in total. The molecule has 1 saturated heterocycles. The van der Waals surface area contributed by atoms with Gasteiger partial charge in [-0.2, -0.15) is 0 Å². The van der Waals surface area contributed by atoms with Crippen LogP contribution in [0.5, 0.6) is 0 Å². The van der Waals surface area contributed by atoms with Gasteiger partial charge in [0.25, 0.3) is 0 Å². The number of rotatable bonds is 5. The van der Waals surface area contributed by atoms with Crippen molar-refractivity contribution in [3.05, 3.63) is 0 Å². The lowest BCUT2D eigenvalue weighted by molar-refractivity contribution is 0.0757. The number of hydrogen-bond acceptors (Lipinski definition) is 3. The molecule has 1 rings (SSSR count). The van der Waals surface area contributed by atoms with Crippen molar-refractivity contribution in [2.45, 2.75) is 71.6 Å². The third-order valence-electron chi connectivity index (χ3n) is 4.04. The first-order chi connectivity index (χ1) is 9.71. The van der Waals surface area contributed by atoms with E-state index in [1.807, 2.05) is 27.7 Å². The minimum Gasteiger partial charge on any atom is -0.392 e. The third kappa shape index (κ3) is 7.14. The summed E-state index contributed by atoms with van der Waals surface area (Å²) in [5.41, 5.74) is -0.215. The summed E-state index contributed by atoms with van der Waals surface area (Å²) in [6.45, 7) is 12.8. The topological polar surface area (TPSA) is 64.6 Å². The first-order valence-corrected chi connectivity index (χ1v) is 8.20. The van der Waals surface area contributed by atoms with Gasteiger partial charge in [-0.15, -0.1) is 0 Å². The minimum atomic E-state index is -0.240. The molecular weight excluding hydrogens is 266 g/mol.